The Kier molecular flexibility index (Phi) is 4.46. The fourth-order valence-corrected chi connectivity index (χ4v) is 5.00. The molecule has 1 amide bonds. The summed E-state index contributed by atoms with van der Waals surface area (Å²) in [6.07, 6.45) is 8.14. The van der Waals surface area contributed by atoms with Gasteiger partial charge in [0, 0.05) is 12.0 Å². The van der Waals surface area contributed by atoms with Gasteiger partial charge in [0.25, 0.3) is 0 Å². The largest absolute Gasteiger partial charge is 0.348 e. The fourth-order valence-electron chi connectivity index (χ4n) is 4.07. The van der Waals surface area contributed by atoms with Gasteiger partial charge in [0.2, 0.25) is 5.91 Å². The molecule has 0 radical (unpaired) electrons. The van der Waals surface area contributed by atoms with Gasteiger partial charge in [0.1, 0.15) is 5.82 Å². The molecule has 0 saturated heterocycles. The number of thioether (sulfide) groups is 1. The van der Waals surface area contributed by atoms with Crippen molar-refractivity contribution in [1.82, 2.24) is 20.1 Å². The smallest absolute Gasteiger partial charge is 0.233 e. The van der Waals surface area contributed by atoms with Gasteiger partial charge in [-0.3, -0.25) is 4.79 Å². The Morgan fingerprint density at radius 1 is 1.19 bits per heavy atom. The van der Waals surface area contributed by atoms with Gasteiger partial charge in [-0.15, -0.1) is 10.2 Å². The maximum Gasteiger partial charge on any atom is 0.233 e. The van der Waals surface area contributed by atoms with E-state index in [0.29, 0.717) is 12.0 Å². The second kappa shape index (κ2) is 6.97. The van der Waals surface area contributed by atoms with E-state index < -0.39 is 0 Å². The number of carbonyl (C=O) groups is 1. The molecule has 2 unspecified atom stereocenters. The molecular weight excluding hydrogens is 356 g/mol. The third kappa shape index (κ3) is 3.51. The van der Waals surface area contributed by atoms with Crippen LogP contribution in [0, 0.1) is 0 Å². The van der Waals surface area contributed by atoms with Gasteiger partial charge in [-0.1, -0.05) is 36.0 Å². The van der Waals surface area contributed by atoms with Crippen molar-refractivity contribution in [3.8, 4) is 0 Å². The van der Waals surface area contributed by atoms with Crippen molar-refractivity contribution in [1.29, 1.82) is 0 Å². The number of hydrogen-bond donors (Lipinski definition) is 1. The molecule has 2 atom stereocenters. The van der Waals surface area contributed by atoms with Crippen LogP contribution in [0.4, 0.5) is 0 Å². The summed E-state index contributed by atoms with van der Waals surface area (Å²) in [7, 11) is 0. The lowest BCUT2D eigenvalue weighted by Gasteiger charge is -2.27. The van der Waals surface area contributed by atoms with Crippen LogP contribution in [0.2, 0.25) is 0 Å². The van der Waals surface area contributed by atoms with Crippen LogP contribution >= 0.6 is 11.8 Å². The summed E-state index contributed by atoms with van der Waals surface area (Å²) in [5.41, 5.74) is 2.66. The Balaban J connectivity index is 1.28. The quantitative estimate of drug-likeness (QED) is 0.762. The highest BCUT2D eigenvalue weighted by Gasteiger charge is 2.37. The predicted molar refractivity (Wildman–Crippen MR) is 106 cm³/mol. The Labute approximate surface area is 164 Å². The normalized spacial score (nSPS) is 22.9. The lowest BCUT2D eigenvalue weighted by Crippen LogP contribution is -2.36. The number of hydrogen-bond acceptors (Lipinski definition) is 4. The first-order valence-corrected chi connectivity index (χ1v) is 11.1. The number of carbonyl (C=O) groups excluding carboxylic acids is 1. The minimum Gasteiger partial charge on any atom is -0.348 e. The molecule has 0 spiro atoms. The van der Waals surface area contributed by atoms with E-state index in [2.05, 4.69) is 44.3 Å². The van der Waals surface area contributed by atoms with Gasteiger partial charge in [-0.05, 0) is 63.0 Å². The molecule has 1 N–H and O–H groups in total. The maximum absolute atomic E-state index is 12.9. The van der Waals surface area contributed by atoms with Crippen molar-refractivity contribution in [3.05, 3.63) is 41.2 Å². The first-order valence-electron chi connectivity index (χ1n) is 10.2. The van der Waals surface area contributed by atoms with Gasteiger partial charge >= 0.3 is 0 Å². The molecule has 1 heterocycles. The Bertz CT molecular complexity index is 856. The average molecular weight is 383 g/mol. The molecule has 27 heavy (non-hydrogen) atoms. The number of aromatic nitrogens is 3. The van der Waals surface area contributed by atoms with Crippen LogP contribution in [-0.4, -0.2) is 25.9 Å². The monoisotopic (exact) mass is 382 g/mol. The molecule has 142 valence electrons. The standard InChI is InChI=1S/C21H26N4OS/c1-13(20(26)22-18-8-4-6-14-5-2-3-7-17(14)18)27-21-24-23-19(15-9-10-15)25(21)16-11-12-16/h2-3,5,7,13,15-16,18H,4,6,8-12H2,1H3,(H,22,26). The number of fused-ring (bicyclic) bond motifs is 1. The number of amides is 1. The van der Waals surface area contributed by atoms with Crippen molar-refractivity contribution in [3.63, 3.8) is 0 Å². The first kappa shape index (κ1) is 17.3. The molecule has 1 aromatic carbocycles. The van der Waals surface area contributed by atoms with Crippen molar-refractivity contribution < 1.29 is 4.79 Å². The van der Waals surface area contributed by atoms with Crippen LogP contribution in [-0.2, 0) is 11.2 Å². The number of rotatable bonds is 6. The van der Waals surface area contributed by atoms with Crippen LogP contribution < -0.4 is 5.32 Å². The SMILES string of the molecule is CC(Sc1nnc(C2CC2)n1C1CC1)C(=O)NC1CCCc2ccccc21. The van der Waals surface area contributed by atoms with E-state index in [1.54, 1.807) is 11.8 Å². The molecule has 0 bridgehead atoms. The van der Waals surface area contributed by atoms with Crippen molar-refractivity contribution in [2.24, 2.45) is 0 Å². The van der Waals surface area contributed by atoms with Crippen LogP contribution in [0.5, 0.6) is 0 Å². The summed E-state index contributed by atoms with van der Waals surface area (Å²) in [6.45, 7) is 1.98. The Morgan fingerprint density at radius 2 is 2.00 bits per heavy atom. The molecule has 3 aliphatic rings. The van der Waals surface area contributed by atoms with Crippen molar-refractivity contribution >= 4 is 17.7 Å². The highest BCUT2D eigenvalue weighted by Crippen LogP contribution is 2.46. The van der Waals surface area contributed by atoms with Crippen LogP contribution in [0.1, 0.15) is 80.4 Å². The zero-order valence-corrected chi connectivity index (χ0v) is 16.5. The summed E-state index contributed by atoms with van der Waals surface area (Å²) in [4.78, 5) is 12.9. The second-order valence-electron chi connectivity index (χ2n) is 8.13. The molecule has 2 fully saturated rings. The van der Waals surface area contributed by atoms with E-state index in [9.17, 15) is 4.79 Å². The van der Waals surface area contributed by atoms with Gasteiger partial charge in [-0.2, -0.15) is 0 Å². The average Bonchev–Trinajstić information content (AvgIpc) is 3.61. The maximum atomic E-state index is 12.9. The third-order valence-electron chi connectivity index (χ3n) is 5.88. The number of nitrogens with one attached hydrogen (secondary N) is 1. The molecule has 6 heteroatoms. The van der Waals surface area contributed by atoms with E-state index in [4.69, 9.17) is 0 Å². The van der Waals surface area contributed by atoms with E-state index in [1.807, 2.05) is 6.92 Å². The summed E-state index contributed by atoms with van der Waals surface area (Å²) >= 11 is 1.56. The van der Waals surface area contributed by atoms with Crippen LogP contribution in [0.25, 0.3) is 0 Å². The highest BCUT2D eigenvalue weighted by molar-refractivity contribution is 8.00. The Morgan fingerprint density at radius 3 is 2.78 bits per heavy atom. The molecule has 1 aromatic heterocycles. The molecule has 2 aromatic rings. The van der Waals surface area contributed by atoms with Gasteiger partial charge in [0.15, 0.2) is 5.16 Å². The summed E-state index contributed by atoms with van der Waals surface area (Å²) in [5, 5.41) is 12.9. The molecule has 5 nitrogen and oxygen atoms in total. The van der Waals surface area contributed by atoms with E-state index in [0.717, 1.165) is 30.2 Å². The Hall–Kier alpha value is -1.82. The van der Waals surface area contributed by atoms with Crippen molar-refractivity contribution in [2.75, 3.05) is 0 Å². The van der Waals surface area contributed by atoms with E-state index in [1.165, 1.54) is 36.8 Å². The molecule has 2 saturated carbocycles. The van der Waals surface area contributed by atoms with Gasteiger partial charge in [-0.25, -0.2) is 0 Å². The zero-order chi connectivity index (χ0) is 18.4. The zero-order valence-electron chi connectivity index (χ0n) is 15.7. The number of aryl methyl sites for hydroxylation is 1. The number of nitrogens with zero attached hydrogens (tertiary/aromatic N) is 3. The molecule has 5 rings (SSSR count). The molecular formula is C21H26N4OS. The van der Waals surface area contributed by atoms with Crippen molar-refractivity contribution in [2.45, 2.75) is 80.3 Å². The lowest BCUT2D eigenvalue weighted by atomic mass is 9.88. The van der Waals surface area contributed by atoms with Crippen LogP contribution in [0.15, 0.2) is 29.4 Å². The first-order chi connectivity index (χ1) is 13.2. The minimum absolute atomic E-state index is 0.0972. The third-order valence-corrected chi connectivity index (χ3v) is 6.94. The molecule has 3 aliphatic carbocycles. The highest BCUT2D eigenvalue weighted by atomic mass is 32.2. The molecule has 0 aliphatic heterocycles. The van der Waals surface area contributed by atoms with Gasteiger partial charge in [0.05, 0.1) is 11.3 Å². The van der Waals surface area contributed by atoms with Gasteiger partial charge < -0.3 is 9.88 Å². The lowest BCUT2D eigenvalue weighted by molar-refractivity contribution is -0.121. The van der Waals surface area contributed by atoms with E-state index >= 15 is 0 Å². The summed E-state index contributed by atoms with van der Waals surface area (Å²) in [5.74, 6) is 1.84. The second-order valence-corrected chi connectivity index (χ2v) is 9.44. The van der Waals surface area contributed by atoms with Crippen LogP contribution in [0.3, 0.4) is 0 Å². The topological polar surface area (TPSA) is 59.8 Å². The summed E-state index contributed by atoms with van der Waals surface area (Å²) < 4.78 is 2.32. The summed E-state index contributed by atoms with van der Waals surface area (Å²) in [6, 6.07) is 9.18. The number of benzene rings is 1. The minimum atomic E-state index is -0.173. The van der Waals surface area contributed by atoms with E-state index in [-0.39, 0.29) is 17.2 Å². The fraction of sp³-hybridized carbons (Fsp3) is 0.571. The predicted octanol–water partition coefficient (Wildman–Crippen LogP) is 4.16.